The summed E-state index contributed by atoms with van der Waals surface area (Å²) in [6.45, 7) is 11.3. The van der Waals surface area contributed by atoms with Crippen LogP contribution in [0.25, 0.3) is 22.0 Å². The van der Waals surface area contributed by atoms with Crippen molar-refractivity contribution < 1.29 is 46.6 Å². The summed E-state index contributed by atoms with van der Waals surface area (Å²) in [7, 11) is 2.03. The van der Waals surface area contributed by atoms with Gasteiger partial charge in [0.05, 0.1) is 17.2 Å². The van der Waals surface area contributed by atoms with Gasteiger partial charge in [-0.1, -0.05) is 36.9 Å². The summed E-state index contributed by atoms with van der Waals surface area (Å²) in [5, 5.41) is 2.63. The van der Waals surface area contributed by atoms with Crippen LogP contribution in [0.15, 0.2) is 36.4 Å². The van der Waals surface area contributed by atoms with E-state index in [4.69, 9.17) is 30.8 Å². The topological polar surface area (TPSA) is 150 Å². The molecule has 5 aliphatic heterocycles. The Hall–Kier alpha value is -5.72. The molecule has 0 bridgehead atoms. The van der Waals surface area contributed by atoms with E-state index >= 15 is 8.78 Å². The molecule has 73 heavy (non-hydrogen) atoms. The highest BCUT2D eigenvalue weighted by Crippen LogP contribution is 2.44. The first-order valence-corrected chi connectivity index (χ1v) is 26.3. The van der Waals surface area contributed by atoms with Gasteiger partial charge in [-0.05, 0) is 146 Å². The second-order valence-corrected chi connectivity index (χ2v) is 21.5. The Labute approximate surface area is 429 Å². The second-order valence-electron chi connectivity index (χ2n) is 21.1. The Balaban J connectivity index is 0.790. The summed E-state index contributed by atoms with van der Waals surface area (Å²) in [4.78, 5) is 69.6. The minimum Gasteiger partial charge on any atom is -0.493 e. The average Bonchev–Trinajstić information content (AvgIpc) is 3.92. The summed E-state index contributed by atoms with van der Waals surface area (Å²) >= 11 is 6.93. The van der Waals surface area contributed by atoms with Crippen LogP contribution < -0.4 is 19.7 Å². The Morgan fingerprint density at radius 1 is 0.863 bits per heavy atom. The maximum absolute atomic E-state index is 17.2. The predicted octanol–water partition coefficient (Wildman–Crippen LogP) is 8.87. The van der Waals surface area contributed by atoms with E-state index in [2.05, 4.69) is 20.1 Å². The number of benzene rings is 3. The van der Waals surface area contributed by atoms with E-state index in [-0.39, 0.29) is 83.2 Å². The van der Waals surface area contributed by atoms with Crippen LogP contribution in [0.3, 0.4) is 0 Å². The summed E-state index contributed by atoms with van der Waals surface area (Å²) < 4.78 is 66.0. The molecule has 2 atom stereocenters. The minimum absolute atomic E-state index is 0.00905. The predicted molar refractivity (Wildman–Crippen MR) is 271 cm³/mol. The quantitative estimate of drug-likeness (QED) is 0.0844. The van der Waals surface area contributed by atoms with Gasteiger partial charge in [0, 0.05) is 61.7 Å². The van der Waals surface area contributed by atoms with Crippen molar-refractivity contribution in [1.82, 2.24) is 34.9 Å². The molecule has 6 heterocycles. The summed E-state index contributed by atoms with van der Waals surface area (Å²) in [6, 6.07) is 8.16. The largest absolute Gasteiger partial charge is 0.493 e. The molecule has 0 radical (unpaired) electrons. The van der Waals surface area contributed by atoms with Gasteiger partial charge in [0.1, 0.15) is 47.0 Å². The molecule has 4 fully saturated rings. The number of piperazine rings is 1. The van der Waals surface area contributed by atoms with Crippen molar-refractivity contribution in [2.24, 2.45) is 0 Å². The lowest BCUT2D eigenvalue weighted by Crippen LogP contribution is -2.52. The molecule has 392 valence electrons. The molecule has 15 nitrogen and oxygen atoms in total. The highest BCUT2D eigenvalue weighted by molar-refractivity contribution is 6.34. The molecule has 0 aliphatic carbocycles. The first-order valence-electron chi connectivity index (χ1n) is 25.9. The SMILES string of the molecule is CN1CCC[C@H]1COc1nc(N2CCN(C(=O)OC(C)(C)C)CC2)c2cc(Cl)c(-c3c(F)cccc3OCCCCCCCN3CCC(c4cc(F)cc5c4CN(C4CCC(=O)NC4=O)C5=O)CC3)c(F)c2n1. The van der Waals surface area contributed by atoms with Crippen LogP contribution in [0.2, 0.25) is 5.02 Å². The van der Waals surface area contributed by atoms with E-state index in [0.717, 1.165) is 88.7 Å². The van der Waals surface area contributed by atoms with Crippen LogP contribution in [0.1, 0.15) is 119 Å². The highest BCUT2D eigenvalue weighted by Gasteiger charge is 2.41. The number of halogens is 4. The molecule has 0 saturated carbocycles. The number of nitrogens with zero attached hydrogens (tertiary/aromatic N) is 7. The number of likely N-dealkylation sites (N-methyl/N-ethyl adjacent to an activating group) is 1. The van der Waals surface area contributed by atoms with E-state index in [9.17, 15) is 23.6 Å². The molecule has 5 aliphatic rings. The van der Waals surface area contributed by atoms with Gasteiger partial charge in [-0.3, -0.25) is 19.7 Å². The van der Waals surface area contributed by atoms with Crippen molar-refractivity contribution in [3.05, 3.63) is 75.6 Å². The van der Waals surface area contributed by atoms with E-state index in [1.807, 2.05) is 32.7 Å². The van der Waals surface area contributed by atoms with Crippen molar-refractivity contribution in [2.45, 2.75) is 122 Å². The number of hydrogen-bond donors (Lipinski definition) is 1. The monoisotopic (exact) mass is 1030 g/mol. The molecular weight excluding hydrogens is 965 g/mol. The lowest BCUT2D eigenvalue weighted by Gasteiger charge is -2.36. The van der Waals surface area contributed by atoms with E-state index in [1.54, 1.807) is 23.1 Å². The molecule has 19 heteroatoms. The first kappa shape index (κ1) is 52.2. The standard InChI is InChI=1S/C54H66ClF3N8O7/c1-54(2,3)73-53(70)65-25-23-64(24-26-65)49-38-30-40(55)45(47(58)48(38)60-52(61-49)72-32-35-12-11-19-62(35)4)46-41(57)13-10-14-43(46)71-27-9-7-5-6-8-20-63-21-17-33(18-22-63)36-28-34(56)29-37-39(36)31-66(51(37)69)42-15-16-44(67)59-50(42)68/h10,13-14,28-30,33,35,42H,5-9,11-12,15-27,31-32H2,1-4H3,(H,59,67,68)/t35-,42?/m0/s1. The van der Waals surface area contributed by atoms with Gasteiger partial charge in [0.15, 0.2) is 5.82 Å². The van der Waals surface area contributed by atoms with Crippen LogP contribution >= 0.6 is 11.6 Å². The van der Waals surface area contributed by atoms with Crippen molar-refractivity contribution >= 4 is 52.1 Å². The van der Waals surface area contributed by atoms with Crippen LogP contribution in [0, 0.1) is 17.5 Å². The van der Waals surface area contributed by atoms with Crippen molar-refractivity contribution in [1.29, 1.82) is 0 Å². The van der Waals surface area contributed by atoms with Gasteiger partial charge in [-0.25, -0.2) is 18.0 Å². The Kier molecular flexibility index (Phi) is 16.0. The maximum atomic E-state index is 17.2. The Morgan fingerprint density at radius 2 is 1.62 bits per heavy atom. The number of fused-ring (bicyclic) bond motifs is 2. The average molecular weight is 1030 g/mol. The number of amides is 4. The third-order valence-electron chi connectivity index (χ3n) is 14.9. The smallest absolute Gasteiger partial charge is 0.410 e. The molecule has 0 spiro atoms. The van der Waals surface area contributed by atoms with Gasteiger partial charge in [-0.2, -0.15) is 9.97 Å². The molecule has 4 amide bonds. The van der Waals surface area contributed by atoms with Gasteiger partial charge in [0.2, 0.25) is 11.8 Å². The lowest BCUT2D eigenvalue weighted by molar-refractivity contribution is -0.136. The fourth-order valence-corrected chi connectivity index (χ4v) is 11.3. The van der Waals surface area contributed by atoms with E-state index in [0.29, 0.717) is 56.0 Å². The number of carbonyl (C=O) groups is 4. The molecule has 1 N–H and O–H groups in total. The van der Waals surface area contributed by atoms with Crippen molar-refractivity contribution in [2.75, 3.05) is 77.5 Å². The number of nitrogens with one attached hydrogen (secondary N) is 1. The number of piperidine rings is 2. The zero-order chi connectivity index (χ0) is 51.6. The fraction of sp³-hybridized carbons (Fsp3) is 0.556. The number of likely N-dealkylation sites (tertiary alicyclic amines) is 2. The second kappa shape index (κ2) is 22.4. The van der Waals surface area contributed by atoms with Gasteiger partial charge >= 0.3 is 12.1 Å². The minimum atomic E-state index is -0.826. The highest BCUT2D eigenvalue weighted by atomic mass is 35.5. The van der Waals surface area contributed by atoms with E-state index < -0.39 is 41.1 Å². The summed E-state index contributed by atoms with van der Waals surface area (Å²) in [5.41, 5.74) is 0.958. The zero-order valence-corrected chi connectivity index (χ0v) is 43.0. The number of ether oxygens (including phenoxy) is 3. The lowest BCUT2D eigenvalue weighted by atomic mass is 9.85. The molecule has 4 saturated heterocycles. The molecule has 1 aromatic heterocycles. The van der Waals surface area contributed by atoms with Gasteiger partial charge < -0.3 is 38.7 Å². The van der Waals surface area contributed by atoms with Crippen molar-refractivity contribution in [3.8, 4) is 22.9 Å². The molecule has 4 aromatic rings. The summed E-state index contributed by atoms with van der Waals surface area (Å²) in [6.07, 6.45) is 8.20. The Bertz CT molecular complexity index is 2730. The first-order chi connectivity index (χ1) is 35.0. The third-order valence-corrected chi connectivity index (χ3v) is 15.2. The number of aromatic nitrogens is 2. The molecule has 9 rings (SSSR count). The molecular formula is C54H66ClF3N8O7. The maximum Gasteiger partial charge on any atom is 0.410 e. The number of carbonyl (C=O) groups excluding carboxylic acids is 4. The molecule has 1 unspecified atom stereocenters. The fourth-order valence-electron chi connectivity index (χ4n) is 11.0. The zero-order valence-electron chi connectivity index (χ0n) is 42.3. The van der Waals surface area contributed by atoms with Crippen LogP contribution in [0.4, 0.5) is 23.8 Å². The van der Waals surface area contributed by atoms with Crippen molar-refractivity contribution in [3.63, 3.8) is 0 Å². The number of anilines is 1. The number of rotatable bonds is 16. The summed E-state index contributed by atoms with van der Waals surface area (Å²) in [5.74, 6) is -2.52. The van der Waals surface area contributed by atoms with Crippen LogP contribution in [-0.2, 0) is 20.9 Å². The molecule has 3 aromatic carbocycles. The number of unbranched alkanes of at least 4 members (excludes halogenated alkanes) is 4. The van der Waals surface area contributed by atoms with Crippen LogP contribution in [0.5, 0.6) is 11.8 Å². The Morgan fingerprint density at radius 3 is 2.34 bits per heavy atom. The van der Waals surface area contributed by atoms with E-state index in [1.165, 1.54) is 23.1 Å². The van der Waals surface area contributed by atoms with Gasteiger partial charge in [-0.15, -0.1) is 0 Å². The number of imide groups is 1. The van der Waals surface area contributed by atoms with Crippen LogP contribution in [-0.4, -0.2) is 144 Å². The van der Waals surface area contributed by atoms with Gasteiger partial charge in [0.25, 0.3) is 5.91 Å². The third kappa shape index (κ3) is 11.8. The number of hydrogen-bond acceptors (Lipinski definition) is 12. The normalized spacial score (nSPS) is 20.3.